The monoisotopic (exact) mass is 595 g/mol. The predicted molar refractivity (Wildman–Crippen MR) is 146 cm³/mol. The van der Waals surface area contributed by atoms with E-state index in [4.69, 9.17) is 32.7 Å². The summed E-state index contributed by atoms with van der Waals surface area (Å²) in [5.41, 5.74) is 0.0356. The molecule has 3 rings (SSSR count). The molecule has 0 radical (unpaired) electrons. The third kappa shape index (κ3) is 6.77. The van der Waals surface area contributed by atoms with Crippen molar-refractivity contribution in [3.05, 3.63) is 85.9 Å². The summed E-state index contributed by atoms with van der Waals surface area (Å²) in [5.74, 6) is -1.34. The number of carbonyl (C=O) groups is 2. The smallest absolute Gasteiger partial charge is 0.338 e. The van der Waals surface area contributed by atoms with Gasteiger partial charge in [-0.25, -0.2) is 13.2 Å². The van der Waals surface area contributed by atoms with Crippen LogP contribution in [0, 0.1) is 17.0 Å². The van der Waals surface area contributed by atoms with Gasteiger partial charge in [0.25, 0.3) is 15.7 Å². The van der Waals surface area contributed by atoms with E-state index in [1.54, 1.807) is 6.92 Å². The van der Waals surface area contributed by atoms with Gasteiger partial charge in [0.05, 0.1) is 45.5 Å². The van der Waals surface area contributed by atoms with Gasteiger partial charge in [0.1, 0.15) is 12.3 Å². The molecule has 14 heteroatoms. The SMILES string of the molecule is CCOC(=O)c1ccc(NC(=O)CN(c2cc(Cl)ccc2OC)S(=O)(=O)c2ccc(C)c([N+](=O)[O-])c2)c(Cl)c1. The molecule has 1 amide bonds. The van der Waals surface area contributed by atoms with E-state index in [1.165, 1.54) is 62.6 Å². The zero-order chi connectivity index (χ0) is 28.9. The Morgan fingerprint density at radius 1 is 1.08 bits per heavy atom. The van der Waals surface area contributed by atoms with Crippen molar-refractivity contribution in [1.29, 1.82) is 0 Å². The number of esters is 1. The van der Waals surface area contributed by atoms with E-state index in [0.29, 0.717) is 0 Å². The highest BCUT2D eigenvalue weighted by Gasteiger charge is 2.31. The number of hydrogen-bond acceptors (Lipinski definition) is 8. The molecule has 0 aliphatic carbocycles. The first-order valence-electron chi connectivity index (χ1n) is 11.3. The molecule has 0 aromatic heterocycles. The molecule has 1 N–H and O–H groups in total. The number of carbonyl (C=O) groups excluding carboxylic acids is 2. The van der Waals surface area contributed by atoms with Crippen LogP contribution in [0.5, 0.6) is 5.75 Å². The normalized spacial score (nSPS) is 11.0. The highest BCUT2D eigenvalue weighted by Crippen LogP contribution is 2.36. The van der Waals surface area contributed by atoms with Gasteiger partial charge in [-0.05, 0) is 56.3 Å². The predicted octanol–water partition coefficient (Wildman–Crippen LogP) is 5.23. The lowest BCUT2D eigenvalue weighted by atomic mass is 10.2. The highest BCUT2D eigenvalue weighted by molar-refractivity contribution is 7.92. The first-order chi connectivity index (χ1) is 18.4. The first kappa shape index (κ1) is 29.7. The summed E-state index contributed by atoms with van der Waals surface area (Å²) < 4.78 is 38.5. The fourth-order valence-corrected chi connectivity index (χ4v) is 5.35. The minimum absolute atomic E-state index is 0.0119. The number of nitro benzene ring substituents is 1. The maximum Gasteiger partial charge on any atom is 0.338 e. The number of nitrogens with zero attached hydrogens (tertiary/aromatic N) is 2. The van der Waals surface area contributed by atoms with Crippen LogP contribution in [0.25, 0.3) is 0 Å². The summed E-state index contributed by atoms with van der Waals surface area (Å²) in [6.07, 6.45) is 0. The van der Waals surface area contributed by atoms with Crippen LogP contribution in [0.3, 0.4) is 0 Å². The number of rotatable bonds is 10. The fraction of sp³-hybridized carbons (Fsp3) is 0.200. The highest BCUT2D eigenvalue weighted by atomic mass is 35.5. The third-order valence-electron chi connectivity index (χ3n) is 5.42. The number of hydrogen-bond donors (Lipinski definition) is 1. The number of nitro groups is 1. The lowest BCUT2D eigenvalue weighted by molar-refractivity contribution is -0.385. The summed E-state index contributed by atoms with van der Waals surface area (Å²) in [4.78, 5) is 35.4. The Balaban J connectivity index is 2.03. The number of methoxy groups -OCH3 is 1. The zero-order valence-corrected chi connectivity index (χ0v) is 23.3. The summed E-state index contributed by atoms with van der Waals surface area (Å²) in [6.45, 7) is 2.50. The van der Waals surface area contributed by atoms with Gasteiger partial charge in [-0.2, -0.15) is 0 Å². The average Bonchev–Trinajstić information content (AvgIpc) is 2.88. The van der Waals surface area contributed by atoms with Crippen LogP contribution < -0.4 is 14.4 Å². The van der Waals surface area contributed by atoms with E-state index < -0.39 is 44.0 Å². The number of amides is 1. The summed E-state index contributed by atoms with van der Waals surface area (Å²) in [5, 5.41) is 14.1. The van der Waals surface area contributed by atoms with E-state index in [1.807, 2.05) is 0 Å². The summed E-state index contributed by atoms with van der Waals surface area (Å²) >= 11 is 12.4. The number of benzene rings is 3. The van der Waals surface area contributed by atoms with Crippen molar-refractivity contribution in [1.82, 2.24) is 0 Å². The van der Waals surface area contributed by atoms with Crippen LogP contribution in [0.4, 0.5) is 17.1 Å². The lowest BCUT2D eigenvalue weighted by Crippen LogP contribution is -2.38. The number of ether oxygens (including phenoxy) is 2. The number of aryl methyl sites for hydroxylation is 1. The van der Waals surface area contributed by atoms with Crippen LogP contribution in [0.1, 0.15) is 22.8 Å². The molecule has 0 saturated heterocycles. The second kappa shape index (κ2) is 12.3. The van der Waals surface area contributed by atoms with Gasteiger partial charge in [-0.1, -0.05) is 29.3 Å². The molecule has 3 aromatic carbocycles. The topological polar surface area (TPSA) is 145 Å². The van der Waals surface area contributed by atoms with Gasteiger partial charge in [0.15, 0.2) is 0 Å². The molecule has 0 spiro atoms. The van der Waals surface area contributed by atoms with Crippen molar-refractivity contribution >= 4 is 62.2 Å². The van der Waals surface area contributed by atoms with E-state index in [0.717, 1.165) is 10.4 Å². The van der Waals surface area contributed by atoms with E-state index in [2.05, 4.69) is 5.32 Å². The Morgan fingerprint density at radius 2 is 1.79 bits per heavy atom. The van der Waals surface area contributed by atoms with Crippen LogP contribution in [-0.2, 0) is 19.6 Å². The van der Waals surface area contributed by atoms with Crippen LogP contribution in [0.2, 0.25) is 10.0 Å². The molecule has 0 saturated carbocycles. The molecule has 3 aromatic rings. The van der Waals surface area contributed by atoms with Crippen molar-refractivity contribution in [3.63, 3.8) is 0 Å². The van der Waals surface area contributed by atoms with Crippen LogP contribution >= 0.6 is 23.2 Å². The molecule has 0 bridgehead atoms. The maximum absolute atomic E-state index is 13.8. The summed E-state index contributed by atoms with van der Waals surface area (Å²) in [7, 11) is -3.26. The van der Waals surface area contributed by atoms with Crippen LogP contribution in [0.15, 0.2) is 59.5 Å². The molecule has 0 heterocycles. The Morgan fingerprint density at radius 3 is 2.41 bits per heavy atom. The quantitative estimate of drug-likeness (QED) is 0.190. The molecule has 0 aliphatic heterocycles. The molecule has 0 aliphatic rings. The third-order valence-corrected chi connectivity index (χ3v) is 7.72. The molecule has 0 atom stereocenters. The maximum atomic E-state index is 13.8. The van der Waals surface area contributed by atoms with E-state index in [-0.39, 0.29) is 44.9 Å². The Labute approximate surface area is 234 Å². The van der Waals surface area contributed by atoms with Gasteiger partial charge in [0, 0.05) is 16.7 Å². The molecule has 39 heavy (non-hydrogen) atoms. The van der Waals surface area contributed by atoms with Crippen molar-refractivity contribution in [3.8, 4) is 5.75 Å². The van der Waals surface area contributed by atoms with Crippen molar-refractivity contribution in [2.45, 2.75) is 18.7 Å². The second-order valence-corrected chi connectivity index (χ2v) is 10.7. The van der Waals surface area contributed by atoms with Crippen LogP contribution in [-0.4, -0.2) is 45.5 Å². The molecule has 11 nitrogen and oxygen atoms in total. The van der Waals surface area contributed by atoms with Gasteiger partial charge in [-0.3, -0.25) is 19.2 Å². The molecular weight excluding hydrogens is 573 g/mol. The van der Waals surface area contributed by atoms with E-state index >= 15 is 0 Å². The molecular formula is C25H23Cl2N3O8S. The molecule has 0 fully saturated rings. The van der Waals surface area contributed by atoms with Crippen molar-refractivity contribution < 1.29 is 32.4 Å². The van der Waals surface area contributed by atoms with Crippen molar-refractivity contribution in [2.75, 3.05) is 29.9 Å². The number of halogens is 2. The van der Waals surface area contributed by atoms with E-state index in [9.17, 15) is 28.1 Å². The summed E-state index contributed by atoms with van der Waals surface area (Å²) in [6, 6.07) is 11.6. The van der Waals surface area contributed by atoms with Gasteiger partial charge in [-0.15, -0.1) is 0 Å². The van der Waals surface area contributed by atoms with Gasteiger partial charge >= 0.3 is 5.97 Å². The molecule has 206 valence electrons. The van der Waals surface area contributed by atoms with Gasteiger partial charge in [0.2, 0.25) is 5.91 Å². The van der Waals surface area contributed by atoms with Gasteiger partial charge < -0.3 is 14.8 Å². The minimum atomic E-state index is -4.56. The lowest BCUT2D eigenvalue weighted by Gasteiger charge is -2.26. The second-order valence-electron chi connectivity index (χ2n) is 8.00. The van der Waals surface area contributed by atoms with Crippen molar-refractivity contribution in [2.24, 2.45) is 0 Å². The average molecular weight is 596 g/mol. The fourth-order valence-electron chi connectivity index (χ4n) is 3.51. The first-order valence-corrected chi connectivity index (χ1v) is 13.5. The largest absolute Gasteiger partial charge is 0.495 e. The number of nitrogens with one attached hydrogen (secondary N) is 1. The zero-order valence-electron chi connectivity index (χ0n) is 20.9. The Hall–Kier alpha value is -3.87. The standard InChI is InChI=1S/C25H23Cl2N3O8S/c1-4-38-25(32)16-6-9-20(19(27)11-16)28-24(31)14-29(22-12-17(26)7-10-23(22)37-3)39(35,36)18-8-5-15(2)21(13-18)30(33)34/h5-13H,4,14H2,1-3H3,(H,28,31). The number of anilines is 2. The minimum Gasteiger partial charge on any atom is -0.495 e. The number of sulfonamides is 1. The Kier molecular flexibility index (Phi) is 9.38. The Bertz CT molecular complexity index is 1550. The molecule has 0 unspecified atom stereocenters.